The van der Waals surface area contributed by atoms with E-state index in [1.54, 1.807) is 18.2 Å². The first-order chi connectivity index (χ1) is 26.2. The molecule has 246 valence electrons. The minimum atomic E-state index is -0.263. The Kier molecular flexibility index (Phi) is 8.45. The molecule has 0 saturated heterocycles. The maximum atomic E-state index is 10.4. The van der Waals surface area contributed by atoms with E-state index in [0.717, 1.165) is 56.3 Å². The van der Waals surface area contributed by atoms with Crippen LogP contribution in [0.5, 0.6) is 0 Å². The summed E-state index contributed by atoms with van der Waals surface area (Å²) >= 11 is 1.01. The molecule has 0 unspecified atom stereocenters. The van der Waals surface area contributed by atoms with E-state index in [9.17, 15) is 21.0 Å². The highest BCUT2D eigenvalue weighted by Crippen LogP contribution is 2.43. The molecule has 0 atom stereocenters. The summed E-state index contributed by atoms with van der Waals surface area (Å²) in [4.78, 5) is 2.09. The lowest BCUT2D eigenvalue weighted by Gasteiger charge is -2.25. The molecule has 0 N–H and O–H groups in total. The number of nitrogens with zero attached hydrogens (tertiary/aromatic N) is 8. The second-order valence-corrected chi connectivity index (χ2v) is 12.5. The van der Waals surface area contributed by atoms with Gasteiger partial charge in [0.1, 0.15) is 46.5 Å². The van der Waals surface area contributed by atoms with E-state index in [1.807, 2.05) is 127 Å². The molecule has 9 heteroatoms. The van der Waals surface area contributed by atoms with Gasteiger partial charge in [-0.05, 0) is 66.2 Å². The highest BCUT2D eigenvalue weighted by Gasteiger charge is 2.26. The minimum absolute atomic E-state index is 0.135. The lowest BCUT2D eigenvalue weighted by atomic mass is 9.85. The van der Waals surface area contributed by atoms with Gasteiger partial charge < -0.3 is 9.47 Å². The van der Waals surface area contributed by atoms with Gasteiger partial charge in [0, 0.05) is 44.5 Å². The lowest BCUT2D eigenvalue weighted by molar-refractivity contribution is 1.19. The van der Waals surface area contributed by atoms with Crippen molar-refractivity contribution in [2.24, 2.45) is 0 Å². The molecule has 2 aromatic heterocycles. The maximum Gasteiger partial charge on any atom is 0.138 e. The highest BCUT2D eigenvalue weighted by atomic mass is 32.1. The second kappa shape index (κ2) is 13.8. The zero-order chi connectivity index (χ0) is 36.3. The van der Waals surface area contributed by atoms with Crippen LogP contribution in [0.25, 0.3) is 49.7 Å². The molecule has 53 heavy (non-hydrogen) atoms. The van der Waals surface area contributed by atoms with Crippen molar-refractivity contribution in [3.8, 4) is 30.0 Å². The van der Waals surface area contributed by atoms with E-state index in [0.29, 0.717) is 22.2 Å². The summed E-state index contributed by atoms with van der Waals surface area (Å²) < 4.78 is 11.5. The summed E-state index contributed by atoms with van der Waals surface area (Å²) in [7, 11) is 0. The van der Waals surface area contributed by atoms with E-state index in [4.69, 9.17) is 4.37 Å². The van der Waals surface area contributed by atoms with Crippen LogP contribution in [0.1, 0.15) is 11.1 Å². The second-order valence-electron chi connectivity index (χ2n) is 12.0. The van der Waals surface area contributed by atoms with Crippen LogP contribution in [-0.2, 0) is 0 Å². The van der Waals surface area contributed by atoms with Gasteiger partial charge in [0.25, 0.3) is 0 Å². The molecule has 8 aromatic rings. The summed E-state index contributed by atoms with van der Waals surface area (Å²) in [6.45, 7) is 0. The molecule has 6 aromatic carbocycles. The standard InChI is InChI=1S/C44H24N8S/c45-25-30(26-46)41(29-19-21-34(22-20-29)51(32-11-3-1-4-12-32)33-13-5-2-6-14-33)42(31(27-47)28-48)37-23-24-40(44-43(37)49-53-50-44)52-38-17-9-7-15-35(38)36-16-8-10-18-39(36)52/h1-24H. The first-order valence-electron chi connectivity index (χ1n) is 16.5. The Morgan fingerprint density at radius 1 is 0.491 bits per heavy atom. The monoisotopic (exact) mass is 696 g/mol. The Bertz CT molecular complexity index is 2800. The van der Waals surface area contributed by atoms with Gasteiger partial charge in [0.05, 0.1) is 28.4 Å². The molecular weight excluding hydrogens is 673 g/mol. The molecule has 0 spiro atoms. The smallest absolute Gasteiger partial charge is 0.138 e. The predicted molar refractivity (Wildman–Crippen MR) is 209 cm³/mol. The van der Waals surface area contributed by atoms with E-state index in [-0.39, 0.29) is 22.3 Å². The van der Waals surface area contributed by atoms with E-state index in [2.05, 4.69) is 38.1 Å². The third-order valence-corrected chi connectivity index (χ3v) is 9.65. The van der Waals surface area contributed by atoms with E-state index >= 15 is 0 Å². The van der Waals surface area contributed by atoms with Gasteiger partial charge in [-0.1, -0.05) is 84.9 Å². The van der Waals surface area contributed by atoms with Gasteiger partial charge in [0.15, 0.2) is 0 Å². The van der Waals surface area contributed by atoms with Crippen molar-refractivity contribution in [3.05, 3.63) is 168 Å². The van der Waals surface area contributed by atoms with Crippen LogP contribution in [0.15, 0.2) is 157 Å². The molecule has 0 aliphatic rings. The van der Waals surface area contributed by atoms with Crippen LogP contribution < -0.4 is 4.90 Å². The summed E-state index contributed by atoms with van der Waals surface area (Å²) in [5, 5.41) is 43.5. The molecular formula is C44H24N8S. The normalized spacial score (nSPS) is 10.6. The van der Waals surface area contributed by atoms with Crippen molar-refractivity contribution in [1.29, 1.82) is 21.0 Å². The van der Waals surface area contributed by atoms with E-state index in [1.165, 1.54) is 0 Å². The number of aromatic nitrogens is 3. The van der Waals surface area contributed by atoms with Crippen LogP contribution >= 0.6 is 11.7 Å². The molecule has 0 bridgehead atoms. The summed E-state index contributed by atoms with van der Waals surface area (Å²) in [6, 6.07) is 55.3. The molecule has 0 fully saturated rings. The third kappa shape index (κ3) is 5.53. The first kappa shape index (κ1) is 32.4. The third-order valence-electron chi connectivity index (χ3n) is 9.12. The maximum absolute atomic E-state index is 10.4. The van der Waals surface area contributed by atoms with Crippen molar-refractivity contribution in [3.63, 3.8) is 0 Å². The zero-order valence-corrected chi connectivity index (χ0v) is 28.7. The van der Waals surface area contributed by atoms with Crippen LogP contribution in [0.2, 0.25) is 0 Å². The summed E-state index contributed by atoms with van der Waals surface area (Å²) in [5.41, 5.74) is 7.11. The van der Waals surface area contributed by atoms with Crippen molar-refractivity contribution < 1.29 is 0 Å². The van der Waals surface area contributed by atoms with Gasteiger partial charge in [-0.3, -0.25) is 0 Å². The zero-order valence-electron chi connectivity index (χ0n) is 27.8. The number of rotatable bonds is 7. The first-order valence-corrected chi connectivity index (χ1v) is 17.2. The lowest BCUT2D eigenvalue weighted by Crippen LogP contribution is -2.09. The number of fused-ring (bicyclic) bond motifs is 4. The quantitative estimate of drug-likeness (QED) is 0.120. The van der Waals surface area contributed by atoms with Crippen LogP contribution in [0.4, 0.5) is 17.1 Å². The Morgan fingerprint density at radius 2 is 0.962 bits per heavy atom. The molecule has 0 aliphatic heterocycles. The van der Waals surface area contributed by atoms with E-state index < -0.39 is 0 Å². The van der Waals surface area contributed by atoms with Crippen molar-refractivity contribution in [2.75, 3.05) is 4.90 Å². The molecule has 0 saturated carbocycles. The molecule has 0 amide bonds. The van der Waals surface area contributed by atoms with Crippen molar-refractivity contribution >= 4 is 72.8 Å². The fraction of sp³-hybridized carbons (Fsp3) is 0. The Labute approximate surface area is 308 Å². The van der Waals surface area contributed by atoms with Crippen molar-refractivity contribution in [1.82, 2.24) is 13.3 Å². The number of anilines is 3. The fourth-order valence-corrected chi connectivity index (χ4v) is 7.45. The van der Waals surface area contributed by atoms with Crippen LogP contribution in [-0.4, -0.2) is 13.3 Å². The van der Waals surface area contributed by atoms with Gasteiger partial charge in [-0.25, -0.2) is 0 Å². The average molecular weight is 697 g/mol. The summed E-state index contributed by atoms with van der Waals surface area (Å²) in [6.07, 6.45) is 0. The number of benzene rings is 6. The fourth-order valence-electron chi connectivity index (χ4n) is 6.88. The van der Waals surface area contributed by atoms with Crippen LogP contribution in [0, 0.1) is 45.3 Å². The number of hydrogen-bond acceptors (Lipinski definition) is 8. The molecule has 0 aliphatic carbocycles. The largest absolute Gasteiger partial charge is 0.311 e. The predicted octanol–water partition coefficient (Wildman–Crippen LogP) is 10.6. The number of para-hydroxylation sites is 4. The SMILES string of the molecule is N#CC(C#N)=C(C(=C(C#N)C#N)c1ccc(-n2c3ccccc3c3ccccc32)c2nsnc12)c1ccc(N(c2ccccc2)c2ccccc2)cc1. The van der Waals surface area contributed by atoms with Gasteiger partial charge in [0.2, 0.25) is 0 Å². The number of nitriles is 4. The number of hydrogen-bond donors (Lipinski definition) is 0. The Hall–Kier alpha value is -7.82. The Balaban J connectivity index is 1.33. The van der Waals surface area contributed by atoms with Gasteiger partial charge in [-0.15, -0.1) is 0 Å². The number of allylic oxidation sites excluding steroid dienone is 4. The minimum Gasteiger partial charge on any atom is -0.311 e. The molecule has 8 rings (SSSR count). The molecule has 0 radical (unpaired) electrons. The van der Waals surface area contributed by atoms with Gasteiger partial charge >= 0.3 is 0 Å². The Morgan fingerprint density at radius 3 is 1.51 bits per heavy atom. The molecule has 2 heterocycles. The summed E-state index contributed by atoms with van der Waals surface area (Å²) in [5.74, 6) is 0. The van der Waals surface area contributed by atoms with Crippen LogP contribution in [0.3, 0.4) is 0 Å². The highest BCUT2D eigenvalue weighted by molar-refractivity contribution is 7.00. The van der Waals surface area contributed by atoms with Crippen molar-refractivity contribution in [2.45, 2.75) is 0 Å². The average Bonchev–Trinajstić information content (AvgIpc) is 3.85. The molecule has 8 nitrogen and oxygen atoms in total. The topological polar surface area (TPSA) is 129 Å². The van der Waals surface area contributed by atoms with Gasteiger partial charge in [-0.2, -0.15) is 29.8 Å².